The first-order valence-corrected chi connectivity index (χ1v) is 6.62. The van der Waals surface area contributed by atoms with E-state index in [4.69, 9.17) is 16.7 Å². The molecule has 0 saturated carbocycles. The molecule has 8 nitrogen and oxygen atoms in total. The fourth-order valence-corrected chi connectivity index (χ4v) is 2.01. The van der Waals surface area contributed by atoms with E-state index < -0.39 is 11.9 Å². The van der Waals surface area contributed by atoms with Crippen LogP contribution in [-0.2, 0) is 24.4 Å². The van der Waals surface area contributed by atoms with Crippen molar-refractivity contribution in [3.05, 3.63) is 34.9 Å². The zero-order chi connectivity index (χ0) is 15.4. The maximum atomic E-state index is 11.9. The highest BCUT2D eigenvalue weighted by atomic mass is 35.5. The Kier molecular flexibility index (Phi) is 4.59. The van der Waals surface area contributed by atoms with Crippen molar-refractivity contribution in [2.75, 3.05) is 0 Å². The lowest BCUT2D eigenvalue weighted by molar-refractivity contribution is -0.137. The number of amides is 1. The Hall–Kier alpha value is -2.35. The van der Waals surface area contributed by atoms with Gasteiger partial charge in [0.25, 0.3) is 5.91 Å². The van der Waals surface area contributed by atoms with Crippen LogP contribution >= 0.6 is 11.6 Å². The van der Waals surface area contributed by atoms with E-state index in [1.165, 1.54) is 23.1 Å². The molecule has 0 radical (unpaired) electrons. The molecule has 0 bridgehead atoms. The maximum Gasteiger partial charge on any atom is 0.325 e. The summed E-state index contributed by atoms with van der Waals surface area (Å²) in [5, 5.41) is 19.8. The third kappa shape index (κ3) is 3.60. The summed E-state index contributed by atoms with van der Waals surface area (Å²) in [4.78, 5) is 22.5. The number of nitrogens with zero attached hydrogens (tertiary/aromatic N) is 4. The molecule has 1 amide bonds. The van der Waals surface area contributed by atoms with Crippen LogP contribution < -0.4 is 5.32 Å². The van der Waals surface area contributed by atoms with Crippen molar-refractivity contribution in [3.63, 3.8) is 0 Å². The van der Waals surface area contributed by atoms with Crippen molar-refractivity contribution < 1.29 is 14.7 Å². The molecule has 0 aromatic carbocycles. The van der Waals surface area contributed by atoms with Crippen molar-refractivity contribution in [1.82, 2.24) is 24.9 Å². The highest BCUT2D eigenvalue weighted by Gasteiger charge is 2.13. The number of hydrogen-bond donors (Lipinski definition) is 2. The number of aromatic nitrogens is 4. The second-order valence-electron chi connectivity index (χ2n) is 4.23. The van der Waals surface area contributed by atoms with Crippen LogP contribution in [0.15, 0.2) is 18.5 Å². The quantitative estimate of drug-likeness (QED) is 0.820. The lowest BCUT2D eigenvalue weighted by Gasteiger charge is -2.06. The molecule has 0 spiro atoms. The van der Waals surface area contributed by atoms with E-state index in [1.54, 1.807) is 4.68 Å². The number of aliphatic carboxylic acids is 1. The Labute approximate surface area is 125 Å². The molecule has 2 N–H and O–H groups in total. The average Bonchev–Trinajstić information content (AvgIpc) is 3.02. The van der Waals surface area contributed by atoms with Crippen LogP contribution in [0.25, 0.3) is 0 Å². The Morgan fingerprint density at radius 2 is 2.24 bits per heavy atom. The molecular weight excluding hydrogens is 298 g/mol. The Balaban J connectivity index is 2.00. The average molecular weight is 312 g/mol. The standard InChI is InChI=1S/C12H14ClN5O3/c1-2-18-10(8(13)5-15-18)6-14-12(21)9-3-4-17(16-9)7-11(19)20/h3-5H,2,6-7H2,1H3,(H,14,21)(H,19,20). The number of carboxylic acid groups (broad SMARTS) is 1. The minimum atomic E-state index is -1.02. The van der Waals surface area contributed by atoms with Crippen molar-refractivity contribution in [2.24, 2.45) is 0 Å². The Morgan fingerprint density at radius 1 is 1.48 bits per heavy atom. The van der Waals surface area contributed by atoms with E-state index in [1.807, 2.05) is 6.92 Å². The number of rotatable bonds is 6. The van der Waals surface area contributed by atoms with Gasteiger partial charge in [-0.2, -0.15) is 10.2 Å². The van der Waals surface area contributed by atoms with Crippen LogP contribution in [0.2, 0.25) is 5.02 Å². The number of carbonyl (C=O) groups excluding carboxylic acids is 1. The lowest BCUT2D eigenvalue weighted by Crippen LogP contribution is -2.25. The van der Waals surface area contributed by atoms with Gasteiger partial charge in [0.1, 0.15) is 12.2 Å². The SMILES string of the molecule is CCn1ncc(Cl)c1CNC(=O)c1ccn(CC(=O)O)n1. The fourth-order valence-electron chi connectivity index (χ4n) is 1.80. The van der Waals surface area contributed by atoms with Gasteiger partial charge in [0.15, 0.2) is 0 Å². The number of nitrogens with one attached hydrogen (secondary N) is 1. The van der Waals surface area contributed by atoms with Crippen molar-refractivity contribution in [1.29, 1.82) is 0 Å². The van der Waals surface area contributed by atoms with Gasteiger partial charge in [-0.05, 0) is 13.0 Å². The van der Waals surface area contributed by atoms with Gasteiger partial charge in [-0.25, -0.2) is 0 Å². The van der Waals surface area contributed by atoms with Gasteiger partial charge in [-0.15, -0.1) is 0 Å². The molecule has 0 fully saturated rings. The molecule has 9 heteroatoms. The highest BCUT2D eigenvalue weighted by molar-refractivity contribution is 6.31. The second kappa shape index (κ2) is 6.40. The lowest BCUT2D eigenvalue weighted by atomic mass is 10.3. The van der Waals surface area contributed by atoms with Gasteiger partial charge < -0.3 is 10.4 Å². The zero-order valence-corrected chi connectivity index (χ0v) is 12.0. The van der Waals surface area contributed by atoms with Crippen molar-refractivity contribution >= 4 is 23.5 Å². The predicted octanol–water partition coefficient (Wildman–Crippen LogP) is 0.768. The van der Waals surface area contributed by atoms with Gasteiger partial charge in [0, 0.05) is 12.7 Å². The third-order valence-corrected chi connectivity index (χ3v) is 3.10. The summed E-state index contributed by atoms with van der Waals surface area (Å²) in [6.45, 7) is 2.49. The first kappa shape index (κ1) is 15.0. The Bertz CT molecular complexity index is 664. The number of hydrogen-bond acceptors (Lipinski definition) is 4. The summed E-state index contributed by atoms with van der Waals surface area (Å²) >= 11 is 5.99. The van der Waals surface area contributed by atoms with Crippen LogP contribution in [-0.4, -0.2) is 36.5 Å². The van der Waals surface area contributed by atoms with Crippen molar-refractivity contribution in [2.45, 2.75) is 26.6 Å². The summed E-state index contributed by atoms with van der Waals surface area (Å²) in [6, 6.07) is 1.46. The minimum absolute atomic E-state index is 0.148. The molecule has 0 aliphatic rings. The smallest absolute Gasteiger partial charge is 0.325 e. The number of carboxylic acids is 1. The molecule has 0 saturated heterocycles. The maximum absolute atomic E-state index is 11.9. The first-order chi connectivity index (χ1) is 10.0. The normalized spacial score (nSPS) is 10.6. The van der Waals surface area contributed by atoms with Gasteiger partial charge in [0.2, 0.25) is 0 Å². The molecule has 2 aromatic rings. The second-order valence-corrected chi connectivity index (χ2v) is 4.64. The van der Waals surface area contributed by atoms with E-state index in [0.717, 1.165) is 0 Å². The molecule has 0 aliphatic carbocycles. The largest absolute Gasteiger partial charge is 0.480 e. The molecule has 2 aromatic heterocycles. The van der Waals surface area contributed by atoms with E-state index in [-0.39, 0.29) is 18.8 Å². The molecule has 112 valence electrons. The summed E-state index contributed by atoms with van der Waals surface area (Å²) in [5.74, 6) is -1.43. The van der Waals surface area contributed by atoms with Crippen LogP contribution in [0, 0.1) is 0 Å². The van der Waals surface area contributed by atoms with E-state index in [9.17, 15) is 9.59 Å². The van der Waals surface area contributed by atoms with Crippen LogP contribution in [0.4, 0.5) is 0 Å². The van der Waals surface area contributed by atoms with E-state index in [2.05, 4.69) is 15.5 Å². The van der Waals surface area contributed by atoms with E-state index >= 15 is 0 Å². The zero-order valence-electron chi connectivity index (χ0n) is 11.3. The molecular formula is C12H14ClN5O3. The third-order valence-electron chi connectivity index (χ3n) is 2.78. The molecule has 2 rings (SSSR count). The topological polar surface area (TPSA) is 102 Å². The molecule has 0 aliphatic heterocycles. The molecule has 21 heavy (non-hydrogen) atoms. The van der Waals surface area contributed by atoms with Gasteiger partial charge in [-0.1, -0.05) is 11.6 Å². The van der Waals surface area contributed by atoms with E-state index in [0.29, 0.717) is 17.3 Å². The predicted molar refractivity (Wildman–Crippen MR) is 73.9 cm³/mol. The van der Waals surface area contributed by atoms with Crippen LogP contribution in [0.5, 0.6) is 0 Å². The Morgan fingerprint density at radius 3 is 2.90 bits per heavy atom. The minimum Gasteiger partial charge on any atom is -0.480 e. The first-order valence-electron chi connectivity index (χ1n) is 6.25. The number of carbonyl (C=O) groups is 2. The summed E-state index contributed by atoms with van der Waals surface area (Å²) in [5.41, 5.74) is 0.854. The van der Waals surface area contributed by atoms with Gasteiger partial charge >= 0.3 is 5.97 Å². The van der Waals surface area contributed by atoms with Crippen LogP contribution in [0.3, 0.4) is 0 Å². The van der Waals surface area contributed by atoms with Crippen LogP contribution in [0.1, 0.15) is 23.1 Å². The van der Waals surface area contributed by atoms with Gasteiger partial charge in [0.05, 0.1) is 23.5 Å². The summed E-state index contributed by atoms with van der Waals surface area (Å²) in [7, 11) is 0. The van der Waals surface area contributed by atoms with Crippen molar-refractivity contribution in [3.8, 4) is 0 Å². The number of halogens is 1. The molecule has 2 heterocycles. The highest BCUT2D eigenvalue weighted by Crippen LogP contribution is 2.14. The number of aryl methyl sites for hydroxylation is 1. The molecule has 0 atom stereocenters. The fraction of sp³-hybridized carbons (Fsp3) is 0.333. The van der Waals surface area contributed by atoms with Gasteiger partial charge in [-0.3, -0.25) is 19.0 Å². The summed E-state index contributed by atoms with van der Waals surface area (Å²) in [6.07, 6.45) is 2.96. The molecule has 0 unspecified atom stereocenters. The monoisotopic (exact) mass is 311 g/mol. The summed E-state index contributed by atoms with van der Waals surface area (Å²) < 4.78 is 2.87.